The van der Waals surface area contributed by atoms with E-state index in [0.29, 0.717) is 12.0 Å². The van der Waals surface area contributed by atoms with E-state index in [4.69, 9.17) is 5.41 Å². The highest BCUT2D eigenvalue weighted by Gasteiger charge is 2.21. The van der Waals surface area contributed by atoms with Gasteiger partial charge in [-0.3, -0.25) is 5.41 Å². The van der Waals surface area contributed by atoms with E-state index < -0.39 is 0 Å². The standard InChI is InChI=1S/C26H29N3O/c1-18-8-12-21(13-9-18)16-23(17-30)29-25-7-5-4-6-24(25)28(26(29)27)20(3)22-14-10-19(2)11-15-22/h4-15,20,23,27,30H,16-17H2,1-3H3/t20?,23-/m0/s1. The van der Waals surface area contributed by atoms with Crippen LogP contribution in [-0.2, 0) is 6.42 Å². The van der Waals surface area contributed by atoms with E-state index in [0.717, 1.165) is 16.6 Å². The number of fused-ring (bicyclic) bond motifs is 1. The third-order valence-electron chi connectivity index (χ3n) is 5.97. The number of aliphatic hydroxyl groups is 1. The first-order chi connectivity index (χ1) is 14.5. The highest BCUT2D eigenvalue weighted by atomic mass is 16.3. The number of nitrogens with one attached hydrogen (secondary N) is 1. The molecule has 2 N–H and O–H groups in total. The Labute approximate surface area is 177 Å². The Bertz CT molecular complexity index is 1200. The molecule has 1 aromatic heterocycles. The summed E-state index contributed by atoms with van der Waals surface area (Å²) in [6, 6.07) is 24.8. The predicted octanol–water partition coefficient (Wildman–Crippen LogP) is 4.92. The zero-order chi connectivity index (χ0) is 21.3. The second-order valence-electron chi connectivity index (χ2n) is 8.17. The van der Waals surface area contributed by atoms with Gasteiger partial charge in [0.1, 0.15) is 0 Å². The van der Waals surface area contributed by atoms with Crippen LogP contribution in [0.25, 0.3) is 11.0 Å². The number of hydrogen-bond donors (Lipinski definition) is 2. The SMILES string of the molecule is Cc1ccc(C[C@@H](CO)n2c(=N)n(C(C)c3ccc(C)cc3)c3ccccc32)cc1. The van der Waals surface area contributed by atoms with Crippen LogP contribution in [-0.4, -0.2) is 20.8 Å². The number of imidazole rings is 1. The summed E-state index contributed by atoms with van der Waals surface area (Å²) in [6.45, 7) is 6.27. The highest BCUT2D eigenvalue weighted by molar-refractivity contribution is 5.76. The third-order valence-corrected chi connectivity index (χ3v) is 5.97. The van der Waals surface area contributed by atoms with Crippen molar-refractivity contribution in [3.05, 3.63) is 101 Å². The van der Waals surface area contributed by atoms with Crippen LogP contribution < -0.4 is 5.62 Å². The van der Waals surface area contributed by atoms with Crippen molar-refractivity contribution < 1.29 is 5.11 Å². The maximum Gasteiger partial charge on any atom is 0.203 e. The summed E-state index contributed by atoms with van der Waals surface area (Å²) < 4.78 is 4.05. The van der Waals surface area contributed by atoms with Crippen LogP contribution in [0.3, 0.4) is 0 Å². The number of aromatic nitrogens is 2. The largest absolute Gasteiger partial charge is 0.394 e. The van der Waals surface area contributed by atoms with Gasteiger partial charge >= 0.3 is 0 Å². The van der Waals surface area contributed by atoms with Gasteiger partial charge in [-0.2, -0.15) is 0 Å². The van der Waals surface area contributed by atoms with Crippen molar-refractivity contribution in [3.63, 3.8) is 0 Å². The number of aliphatic hydroxyl groups excluding tert-OH is 1. The molecule has 4 aromatic rings. The molecule has 4 rings (SSSR count). The van der Waals surface area contributed by atoms with Crippen molar-refractivity contribution in [2.24, 2.45) is 0 Å². The van der Waals surface area contributed by atoms with Gasteiger partial charge < -0.3 is 14.2 Å². The molecule has 1 unspecified atom stereocenters. The molecule has 4 heteroatoms. The smallest absolute Gasteiger partial charge is 0.203 e. The number of rotatable bonds is 6. The average Bonchev–Trinajstić information content (AvgIpc) is 3.05. The Morgan fingerprint density at radius 3 is 1.90 bits per heavy atom. The molecule has 0 saturated carbocycles. The summed E-state index contributed by atoms with van der Waals surface area (Å²) >= 11 is 0. The summed E-state index contributed by atoms with van der Waals surface area (Å²) in [5.74, 6) is 0. The van der Waals surface area contributed by atoms with Gasteiger partial charge in [-0.15, -0.1) is 0 Å². The molecule has 154 valence electrons. The molecule has 1 heterocycles. The van der Waals surface area contributed by atoms with Gasteiger partial charge in [0, 0.05) is 0 Å². The molecule has 0 aliphatic rings. The molecule has 3 aromatic carbocycles. The number of aryl methyl sites for hydroxylation is 2. The molecule has 0 radical (unpaired) electrons. The molecule has 0 saturated heterocycles. The lowest BCUT2D eigenvalue weighted by Crippen LogP contribution is -2.32. The van der Waals surface area contributed by atoms with E-state index >= 15 is 0 Å². The molecule has 0 aliphatic heterocycles. The van der Waals surface area contributed by atoms with Crippen LogP contribution in [0.15, 0.2) is 72.8 Å². The van der Waals surface area contributed by atoms with E-state index in [-0.39, 0.29) is 18.7 Å². The van der Waals surface area contributed by atoms with E-state index in [1.165, 1.54) is 16.7 Å². The lowest BCUT2D eigenvalue weighted by Gasteiger charge is -2.19. The predicted molar refractivity (Wildman–Crippen MR) is 122 cm³/mol. The molecule has 30 heavy (non-hydrogen) atoms. The Balaban J connectivity index is 1.82. The lowest BCUT2D eigenvalue weighted by atomic mass is 10.0. The topological polar surface area (TPSA) is 53.9 Å². The minimum atomic E-state index is -0.198. The molecule has 0 amide bonds. The molecule has 2 atom stereocenters. The molecule has 0 bridgehead atoms. The van der Waals surface area contributed by atoms with Crippen LogP contribution in [0.1, 0.15) is 41.3 Å². The summed E-state index contributed by atoms with van der Waals surface area (Å²) in [5.41, 5.74) is 7.18. The molecular formula is C26H29N3O. The van der Waals surface area contributed by atoms with Gasteiger partial charge in [0.2, 0.25) is 5.62 Å². The van der Waals surface area contributed by atoms with Crippen molar-refractivity contribution in [1.29, 1.82) is 5.41 Å². The molecule has 0 spiro atoms. The quantitative estimate of drug-likeness (QED) is 0.475. The first-order valence-electron chi connectivity index (χ1n) is 10.5. The number of hydrogen-bond acceptors (Lipinski definition) is 2. The minimum absolute atomic E-state index is 0.0165. The van der Waals surface area contributed by atoms with Crippen LogP contribution in [0.2, 0.25) is 0 Å². The van der Waals surface area contributed by atoms with Gasteiger partial charge in [-0.05, 0) is 50.5 Å². The van der Waals surface area contributed by atoms with Crippen LogP contribution in [0.4, 0.5) is 0 Å². The molecular weight excluding hydrogens is 370 g/mol. The molecule has 0 fully saturated rings. The normalized spacial score (nSPS) is 13.5. The fraction of sp³-hybridized carbons (Fsp3) is 0.269. The van der Waals surface area contributed by atoms with Gasteiger partial charge in [0.15, 0.2) is 0 Å². The van der Waals surface area contributed by atoms with E-state index in [9.17, 15) is 5.11 Å². The first kappa shape index (κ1) is 20.2. The second-order valence-corrected chi connectivity index (χ2v) is 8.17. The zero-order valence-electron chi connectivity index (χ0n) is 17.8. The van der Waals surface area contributed by atoms with E-state index in [1.807, 2.05) is 22.8 Å². The van der Waals surface area contributed by atoms with Crippen molar-refractivity contribution in [2.45, 2.75) is 39.3 Å². The van der Waals surface area contributed by atoms with E-state index in [2.05, 4.69) is 79.9 Å². The van der Waals surface area contributed by atoms with Crippen LogP contribution >= 0.6 is 0 Å². The molecule has 4 nitrogen and oxygen atoms in total. The van der Waals surface area contributed by atoms with Crippen molar-refractivity contribution in [1.82, 2.24) is 9.13 Å². The van der Waals surface area contributed by atoms with Gasteiger partial charge in [-0.1, -0.05) is 71.8 Å². The Morgan fingerprint density at radius 2 is 1.33 bits per heavy atom. The number of nitrogens with zero attached hydrogens (tertiary/aromatic N) is 2. The van der Waals surface area contributed by atoms with Crippen LogP contribution in [0, 0.1) is 19.3 Å². The van der Waals surface area contributed by atoms with Gasteiger partial charge in [-0.25, -0.2) is 0 Å². The van der Waals surface area contributed by atoms with Crippen molar-refractivity contribution in [3.8, 4) is 0 Å². The molecule has 0 aliphatic carbocycles. The van der Waals surface area contributed by atoms with Gasteiger partial charge in [0.25, 0.3) is 0 Å². The Kier molecular flexibility index (Phi) is 5.60. The maximum atomic E-state index is 10.3. The fourth-order valence-corrected chi connectivity index (χ4v) is 4.21. The third kappa shape index (κ3) is 3.71. The summed E-state index contributed by atoms with van der Waals surface area (Å²) in [4.78, 5) is 0. The monoisotopic (exact) mass is 399 g/mol. The summed E-state index contributed by atoms with van der Waals surface area (Å²) in [6.07, 6.45) is 0.681. The average molecular weight is 400 g/mol. The first-order valence-corrected chi connectivity index (χ1v) is 10.5. The lowest BCUT2D eigenvalue weighted by molar-refractivity contribution is 0.225. The Hall–Kier alpha value is -3.11. The van der Waals surface area contributed by atoms with E-state index in [1.54, 1.807) is 0 Å². The number of benzene rings is 3. The zero-order valence-corrected chi connectivity index (χ0v) is 17.8. The van der Waals surface area contributed by atoms with Crippen LogP contribution in [0.5, 0.6) is 0 Å². The summed E-state index contributed by atoms with van der Waals surface area (Å²) in [7, 11) is 0. The summed E-state index contributed by atoms with van der Waals surface area (Å²) in [5, 5.41) is 19.3. The Morgan fingerprint density at radius 1 is 0.800 bits per heavy atom. The minimum Gasteiger partial charge on any atom is -0.394 e. The fourth-order valence-electron chi connectivity index (χ4n) is 4.21. The highest BCUT2D eigenvalue weighted by Crippen LogP contribution is 2.26. The number of para-hydroxylation sites is 2. The maximum absolute atomic E-state index is 10.3. The second kappa shape index (κ2) is 8.33. The van der Waals surface area contributed by atoms with Gasteiger partial charge in [0.05, 0.1) is 29.7 Å². The van der Waals surface area contributed by atoms with Crippen molar-refractivity contribution in [2.75, 3.05) is 6.61 Å². The van der Waals surface area contributed by atoms with Crippen molar-refractivity contribution >= 4 is 11.0 Å².